The number of esters is 1. The molecule has 1 aromatic rings. The van der Waals surface area contributed by atoms with E-state index in [-0.39, 0.29) is 17.7 Å². The van der Waals surface area contributed by atoms with Crippen LogP contribution in [0.1, 0.15) is 6.42 Å². The minimum Gasteiger partial charge on any atom is -0.466 e. The summed E-state index contributed by atoms with van der Waals surface area (Å²) in [5.74, 6) is -3.35. The third-order valence-corrected chi connectivity index (χ3v) is 4.12. The second kappa shape index (κ2) is 6.76. The molecule has 2 fully saturated rings. The molecular weight excluding hydrogens is 326 g/mol. The van der Waals surface area contributed by atoms with Crippen LogP contribution in [0, 0.1) is 5.92 Å². The minimum atomic E-state index is -1.06. The molecule has 1 atom stereocenters. The SMILES string of the molecule is COC(=O)C(=C1NCCNC1=O)C1CC(=O)N(c2ccccc2)C1=O. The number of rotatable bonds is 3. The lowest BCUT2D eigenvalue weighted by Gasteiger charge is -2.22. The maximum absolute atomic E-state index is 12.8. The lowest BCUT2D eigenvalue weighted by molar-refractivity contribution is -0.138. The van der Waals surface area contributed by atoms with E-state index in [4.69, 9.17) is 4.74 Å². The second-order valence-electron chi connectivity index (χ2n) is 5.62. The predicted molar refractivity (Wildman–Crippen MR) is 87.1 cm³/mol. The van der Waals surface area contributed by atoms with E-state index >= 15 is 0 Å². The molecule has 1 unspecified atom stereocenters. The van der Waals surface area contributed by atoms with Crippen molar-refractivity contribution in [2.75, 3.05) is 25.1 Å². The Morgan fingerprint density at radius 3 is 2.44 bits per heavy atom. The normalized spacial score (nSPS) is 22.4. The average molecular weight is 343 g/mol. The molecule has 8 nitrogen and oxygen atoms in total. The van der Waals surface area contributed by atoms with Gasteiger partial charge in [0.25, 0.3) is 5.91 Å². The Kier molecular flexibility index (Phi) is 4.51. The van der Waals surface area contributed by atoms with Crippen molar-refractivity contribution in [2.45, 2.75) is 6.42 Å². The number of benzene rings is 1. The van der Waals surface area contributed by atoms with Gasteiger partial charge in [0.1, 0.15) is 5.70 Å². The smallest absolute Gasteiger partial charge is 0.336 e. The molecule has 2 heterocycles. The molecule has 2 N–H and O–H groups in total. The summed E-state index contributed by atoms with van der Waals surface area (Å²) in [6, 6.07) is 8.45. The Bertz CT molecular complexity index is 772. The molecule has 3 rings (SSSR count). The molecular formula is C17H17N3O5. The first kappa shape index (κ1) is 16.7. The largest absolute Gasteiger partial charge is 0.466 e. The van der Waals surface area contributed by atoms with Crippen LogP contribution >= 0.6 is 0 Å². The number of hydrogen-bond acceptors (Lipinski definition) is 6. The number of para-hydroxylation sites is 1. The summed E-state index contributed by atoms with van der Waals surface area (Å²) in [7, 11) is 1.17. The molecule has 0 aliphatic carbocycles. The fourth-order valence-electron chi connectivity index (χ4n) is 2.98. The number of carbonyl (C=O) groups excluding carboxylic acids is 4. The van der Waals surface area contributed by atoms with Crippen molar-refractivity contribution >= 4 is 29.4 Å². The van der Waals surface area contributed by atoms with Gasteiger partial charge in [-0.1, -0.05) is 18.2 Å². The van der Waals surface area contributed by atoms with Gasteiger partial charge in [-0.25, -0.2) is 4.79 Å². The molecule has 0 bridgehead atoms. The standard InChI is InChI=1S/C17H17N3O5/c1-25-17(24)13(14-15(22)19-8-7-18-14)11-9-12(21)20(16(11)23)10-5-3-2-4-6-10/h2-6,11,18H,7-9H2,1H3,(H,19,22). The average Bonchev–Trinajstić information content (AvgIpc) is 2.91. The Morgan fingerprint density at radius 2 is 1.80 bits per heavy atom. The third kappa shape index (κ3) is 2.98. The van der Waals surface area contributed by atoms with E-state index in [0.29, 0.717) is 18.8 Å². The zero-order valence-electron chi connectivity index (χ0n) is 13.6. The highest BCUT2D eigenvalue weighted by Crippen LogP contribution is 2.32. The van der Waals surface area contributed by atoms with Gasteiger partial charge in [0, 0.05) is 19.5 Å². The van der Waals surface area contributed by atoms with E-state index in [2.05, 4.69) is 10.6 Å². The summed E-state index contributed by atoms with van der Waals surface area (Å²) < 4.78 is 4.75. The molecule has 1 aromatic carbocycles. The minimum absolute atomic E-state index is 0.0147. The number of methoxy groups -OCH3 is 1. The Hall–Kier alpha value is -3.16. The molecule has 2 saturated heterocycles. The topological polar surface area (TPSA) is 105 Å². The van der Waals surface area contributed by atoms with Crippen LogP contribution in [0.2, 0.25) is 0 Å². The van der Waals surface area contributed by atoms with Gasteiger partial charge in [0.05, 0.1) is 24.3 Å². The van der Waals surface area contributed by atoms with E-state index in [9.17, 15) is 19.2 Å². The highest BCUT2D eigenvalue weighted by atomic mass is 16.5. The predicted octanol–water partition coefficient (Wildman–Crippen LogP) is -0.287. The summed E-state index contributed by atoms with van der Waals surface area (Å²) >= 11 is 0. The van der Waals surface area contributed by atoms with Crippen molar-refractivity contribution in [2.24, 2.45) is 5.92 Å². The van der Waals surface area contributed by atoms with Gasteiger partial charge in [-0.15, -0.1) is 0 Å². The summed E-state index contributed by atoms with van der Waals surface area (Å²) in [6.07, 6.45) is -0.198. The Balaban J connectivity index is 2.02. The number of amides is 3. The van der Waals surface area contributed by atoms with Crippen LogP contribution in [0.5, 0.6) is 0 Å². The third-order valence-electron chi connectivity index (χ3n) is 4.12. The zero-order chi connectivity index (χ0) is 18.0. The van der Waals surface area contributed by atoms with E-state index in [0.717, 1.165) is 4.90 Å². The van der Waals surface area contributed by atoms with Gasteiger partial charge in [0.15, 0.2) is 0 Å². The number of piperazine rings is 1. The number of nitrogens with one attached hydrogen (secondary N) is 2. The number of anilines is 1. The van der Waals surface area contributed by atoms with Crippen LogP contribution in [-0.2, 0) is 23.9 Å². The number of ether oxygens (including phenoxy) is 1. The van der Waals surface area contributed by atoms with Gasteiger partial charge in [0.2, 0.25) is 11.8 Å². The van der Waals surface area contributed by atoms with Crippen molar-refractivity contribution in [1.82, 2.24) is 10.6 Å². The van der Waals surface area contributed by atoms with Gasteiger partial charge in [-0.2, -0.15) is 0 Å². The van der Waals surface area contributed by atoms with Crippen LogP contribution in [0.4, 0.5) is 5.69 Å². The van der Waals surface area contributed by atoms with Crippen LogP contribution in [0.3, 0.4) is 0 Å². The van der Waals surface area contributed by atoms with Crippen LogP contribution in [-0.4, -0.2) is 43.9 Å². The van der Waals surface area contributed by atoms with Gasteiger partial charge < -0.3 is 15.4 Å². The number of imide groups is 1. The quantitative estimate of drug-likeness (QED) is 0.444. The lowest BCUT2D eigenvalue weighted by atomic mass is 9.94. The van der Waals surface area contributed by atoms with Crippen molar-refractivity contribution in [3.05, 3.63) is 41.6 Å². The monoisotopic (exact) mass is 343 g/mol. The summed E-state index contributed by atoms with van der Waals surface area (Å²) in [6.45, 7) is 0.823. The number of nitrogens with zero attached hydrogens (tertiary/aromatic N) is 1. The van der Waals surface area contributed by atoms with Crippen LogP contribution in [0.15, 0.2) is 41.6 Å². The van der Waals surface area contributed by atoms with Gasteiger partial charge in [-0.3, -0.25) is 19.3 Å². The van der Waals surface area contributed by atoms with E-state index in [1.165, 1.54) is 7.11 Å². The molecule has 3 amide bonds. The van der Waals surface area contributed by atoms with Crippen molar-refractivity contribution in [3.8, 4) is 0 Å². The van der Waals surface area contributed by atoms with E-state index < -0.39 is 29.6 Å². The van der Waals surface area contributed by atoms with Crippen molar-refractivity contribution in [1.29, 1.82) is 0 Å². The molecule has 2 aliphatic rings. The zero-order valence-corrected chi connectivity index (χ0v) is 13.6. The van der Waals surface area contributed by atoms with E-state index in [1.807, 2.05) is 0 Å². The maximum Gasteiger partial charge on any atom is 0.336 e. The maximum atomic E-state index is 12.8. The summed E-state index contributed by atoms with van der Waals surface area (Å²) in [5, 5.41) is 5.44. The summed E-state index contributed by atoms with van der Waals surface area (Å²) in [4.78, 5) is 50.6. The molecule has 0 spiro atoms. The van der Waals surface area contributed by atoms with Crippen molar-refractivity contribution < 1.29 is 23.9 Å². The van der Waals surface area contributed by atoms with E-state index in [1.54, 1.807) is 30.3 Å². The molecule has 0 aromatic heterocycles. The fourth-order valence-corrected chi connectivity index (χ4v) is 2.98. The highest BCUT2D eigenvalue weighted by molar-refractivity contribution is 6.24. The second-order valence-corrected chi connectivity index (χ2v) is 5.62. The molecule has 0 saturated carbocycles. The first-order valence-corrected chi connectivity index (χ1v) is 7.81. The van der Waals surface area contributed by atoms with Crippen LogP contribution < -0.4 is 15.5 Å². The Morgan fingerprint density at radius 1 is 1.12 bits per heavy atom. The molecule has 0 radical (unpaired) electrons. The fraction of sp³-hybridized carbons (Fsp3) is 0.294. The number of carbonyl (C=O) groups is 4. The van der Waals surface area contributed by atoms with Crippen molar-refractivity contribution in [3.63, 3.8) is 0 Å². The first-order valence-electron chi connectivity index (χ1n) is 7.81. The Labute approximate surface area is 143 Å². The molecule has 8 heteroatoms. The van der Waals surface area contributed by atoms with Crippen LogP contribution in [0.25, 0.3) is 0 Å². The molecule has 25 heavy (non-hydrogen) atoms. The number of hydrogen-bond donors (Lipinski definition) is 2. The first-order chi connectivity index (χ1) is 12.0. The highest BCUT2D eigenvalue weighted by Gasteiger charge is 2.45. The molecule has 130 valence electrons. The van der Waals surface area contributed by atoms with Gasteiger partial charge >= 0.3 is 5.97 Å². The molecule has 2 aliphatic heterocycles. The lowest BCUT2D eigenvalue weighted by Crippen LogP contribution is -2.45. The van der Waals surface area contributed by atoms with Gasteiger partial charge in [-0.05, 0) is 12.1 Å². The summed E-state index contributed by atoms with van der Waals surface area (Å²) in [5.41, 5.74) is 0.297.